The highest BCUT2D eigenvalue weighted by molar-refractivity contribution is 5.93. The molecular weight excluding hydrogens is 408 g/mol. The molecule has 1 saturated heterocycles. The number of carbonyl (C=O) groups is 1. The van der Waals surface area contributed by atoms with E-state index < -0.39 is 43.3 Å². The van der Waals surface area contributed by atoms with E-state index in [0.717, 1.165) is 5.56 Å². The van der Waals surface area contributed by atoms with Crippen LogP contribution in [-0.4, -0.2) is 72.8 Å². The van der Waals surface area contributed by atoms with E-state index in [-0.39, 0.29) is 11.3 Å². The minimum atomic E-state index is -1.51. The number of carbonyl (C=O) groups excluding carboxylic acids is 1. The van der Waals surface area contributed by atoms with Gasteiger partial charge in [-0.25, -0.2) is 4.79 Å². The van der Waals surface area contributed by atoms with Gasteiger partial charge in [0.15, 0.2) is 12.4 Å². The average Bonchev–Trinajstić information content (AvgIpc) is 2.81. The lowest BCUT2D eigenvalue weighted by Crippen LogP contribution is -2.60. The summed E-state index contributed by atoms with van der Waals surface area (Å²) in [5.74, 6) is -0.102. The minimum Gasteiger partial charge on any atom is -0.496 e. The first-order chi connectivity index (χ1) is 15.0. The van der Waals surface area contributed by atoms with Crippen molar-refractivity contribution >= 4 is 5.97 Å². The molecule has 31 heavy (non-hydrogen) atoms. The molecule has 0 unspecified atom stereocenters. The minimum absolute atomic E-state index is 0.0929. The molecule has 168 valence electrons. The highest BCUT2D eigenvalue weighted by Crippen LogP contribution is 2.29. The van der Waals surface area contributed by atoms with Crippen molar-refractivity contribution in [1.29, 1.82) is 0 Å². The Morgan fingerprint density at radius 1 is 1.06 bits per heavy atom. The Morgan fingerprint density at radius 2 is 1.81 bits per heavy atom. The highest BCUT2D eigenvalue weighted by Gasteiger charge is 2.47. The Hall–Kier alpha value is -2.69. The predicted molar refractivity (Wildman–Crippen MR) is 108 cm³/mol. The summed E-state index contributed by atoms with van der Waals surface area (Å²) in [6.45, 7) is -0.185. The Bertz CT molecular complexity index is 855. The van der Waals surface area contributed by atoms with Gasteiger partial charge in [-0.3, -0.25) is 0 Å². The van der Waals surface area contributed by atoms with Gasteiger partial charge >= 0.3 is 5.97 Å². The van der Waals surface area contributed by atoms with Crippen molar-refractivity contribution < 1.29 is 43.8 Å². The van der Waals surface area contributed by atoms with Crippen molar-refractivity contribution in [2.24, 2.45) is 0 Å². The Balaban J connectivity index is 1.71. The summed E-state index contributed by atoms with van der Waals surface area (Å²) in [4.78, 5) is 12.8. The van der Waals surface area contributed by atoms with Gasteiger partial charge in [-0.2, -0.15) is 0 Å². The molecule has 1 aliphatic rings. The maximum Gasteiger partial charge on any atom is 0.342 e. The van der Waals surface area contributed by atoms with Crippen molar-refractivity contribution in [2.75, 3.05) is 20.8 Å². The van der Waals surface area contributed by atoms with Gasteiger partial charge in [-0.15, -0.1) is 0 Å². The number of rotatable bonds is 8. The largest absolute Gasteiger partial charge is 0.496 e. The van der Waals surface area contributed by atoms with Crippen LogP contribution in [0.1, 0.15) is 15.9 Å². The monoisotopic (exact) mass is 434 g/mol. The van der Waals surface area contributed by atoms with E-state index in [9.17, 15) is 20.1 Å². The topological polar surface area (TPSA) is 124 Å². The summed E-state index contributed by atoms with van der Waals surface area (Å²) in [5.41, 5.74) is 1.08. The molecular formula is C22H26O9. The smallest absolute Gasteiger partial charge is 0.342 e. The van der Waals surface area contributed by atoms with Gasteiger partial charge in [-0.1, -0.05) is 30.3 Å². The zero-order valence-corrected chi connectivity index (χ0v) is 17.2. The molecule has 0 saturated carbocycles. The first kappa shape index (κ1) is 23.0. The molecule has 1 fully saturated rings. The molecule has 0 bridgehead atoms. The van der Waals surface area contributed by atoms with Crippen LogP contribution >= 0.6 is 0 Å². The zero-order valence-electron chi connectivity index (χ0n) is 17.2. The second-order valence-corrected chi connectivity index (χ2v) is 6.95. The van der Waals surface area contributed by atoms with E-state index in [0.29, 0.717) is 12.4 Å². The maximum absolute atomic E-state index is 12.8. The van der Waals surface area contributed by atoms with Gasteiger partial charge in [0, 0.05) is 13.2 Å². The molecule has 1 heterocycles. The van der Waals surface area contributed by atoms with Crippen molar-refractivity contribution in [3.8, 4) is 11.5 Å². The second kappa shape index (κ2) is 10.6. The van der Waals surface area contributed by atoms with E-state index in [1.807, 2.05) is 30.3 Å². The van der Waals surface area contributed by atoms with E-state index >= 15 is 0 Å². The Labute approximate surface area is 179 Å². The maximum atomic E-state index is 12.8. The lowest BCUT2D eigenvalue weighted by Gasteiger charge is -2.40. The van der Waals surface area contributed by atoms with E-state index in [4.69, 9.17) is 23.7 Å². The highest BCUT2D eigenvalue weighted by atomic mass is 16.7. The van der Waals surface area contributed by atoms with Crippen molar-refractivity contribution in [3.63, 3.8) is 0 Å². The third kappa shape index (κ3) is 5.33. The van der Waals surface area contributed by atoms with E-state index in [1.165, 1.54) is 20.3 Å². The molecule has 1 aliphatic heterocycles. The van der Waals surface area contributed by atoms with Crippen LogP contribution in [0.2, 0.25) is 0 Å². The zero-order chi connectivity index (χ0) is 22.4. The molecule has 0 amide bonds. The molecule has 9 heteroatoms. The van der Waals surface area contributed by atoms with Gasteiger partial charge in [0.25, 0.3) is 0 Å². The van der Waals surface area contributed by atoms with Crippen LogP contribution in [0.3, 0.4) is 0 Å². The summed E-state index contributed by atoms with van der Waals surface area (Å²) in [5, 5.41) is 29.7. The SMILES string of the molecule is COc1cc(OCc2ccccc2)ccc1C(=O)O[C@H]1[C@@H](OC)O[C@H](CO)[C@@H](O)[C@@H]1O. The molecule has 0 radical (unpaired) electrons. The van der Waals surface area contributed by atoms with Gasteiger partial charge in [-0.05, 0) is 17.7 Å². The summed E-state index contributed by atoms with van der Waals surface area (Å²) < 4.78 is 26.9. The number of aliphatic hydroxyl groups excluding tert-OH is 3. The Kier molecular flexibility index (Phi) is 7.83. The summed E-state index contributed by atoms with van der Waals surface area (Å²) >= 11 is 0. The lowest BCUT2D eigenvalue weighted by atomic mass is 9.99. The second-order valence-electron chi connectivity index (χ2n) is 6.95. The number of hydrogen-bond acceptors (Lipinski definition) is 9. The summed E-state index contributed by atoms with van der Waals surface area (Å²) in [6, 6.07) is 14.2. The van der Waals surface area contributed by atoms with Crippen molar-refractivity contribution in [3.05, 3.63) is 59.7 Å². The standard InChI is InChI=1S/C22H26O9/c1-27-16-10-14(29-12-13-6-4-3-5-7-13)8-9-15(16)21(26)31-20-19(25)18(24)17(11-23)30-22(20)28-2/h3-10,17-20,22-25H,11-12H2,1-2H3/t17-,18-,19+,20-,22+/m1/s1. The average molecular weight is 434 g/mol. The van der Waals surface area contributed by atoms with Crippen molar-refractivity contribution in [1.82, 2.24) is 0 Å². The molecule has 0 aromatic heterocycles. The predicted octanol–water partition coefficient (Wildman–Crippen LogP) is 0.885. The van der Waals surface area contributed by atoms with Gasteiger partial charge in [0.1, 0.15) is 42.0 Å². The first-order valence-electron chi connectivity index (χ1n) is 9.69. The first-order valence-corrected chi connectivity index (χ1v) is 9.69. The number of ether oxygens (including phenoxy) is 5. The summed E-state index contributed by atoms with van der Waals surface area (Å²) in [7, 11) is 2.70. The van der Waals surface area contributed by atoms with Crippen LogP contribution in [-0.2, 0) is 20.8 Å². The number of hydrogen-bond donors (Lipinski definition) is 3. The van der Waals surface area contributed by atoms with Gasteiger partial charge < -0.3 is 39.0 Å². The molecule has 2 aromatic carbocycles. The number of aliphatic hydroxyl groups is 3. The molecule has 3 rings (SSSR count). The normalized spacial score (nSPS) is 25.6. The van der Waals surface area contributed by atoms with Crippen LogP contribution in [0.4, 0.5) is 0 Å². The van der Waals surface area contributed by atoms with Gasteiger partial charge in [0.2, 0.25) is 0 Å². The van der Waals surface area contributed by atoms with E-state index in [1.54, 1.807) is 12.1 Å². The van der Waals surface area contributed by atoms with Gasteiger partial charge in [0.05, 0.1) is 13.7 Å². The third-order valence-electron chi connectivity index (χ3n) is 4.94. The number of esters is 1. The Morgan fingerprint density at radius 3 is 2.45 bits per heavy atom. The lowest BCUT2D eigenvalue weighted by molar-refractivity contribution is -0.293. The molecule has 2 aromatic rings. The molecule has 3 N–H and O–H groups in total. The van der Waals surface area contributed by atoms with E-state index in [2.05, 4.69) is 0 Å². The number of methoxy groups -OCH3 is 2. The fourth-order valence-corrected chi connectivity index (χ4v) is 3.23. The fraction of sp³-hybridized carbons (Fsp3) is 0.409. The fourth-order valence-electron chi connectivity index (χ4n) is 3.23. The van der Waals surface area contributed by atoms with Crippen LogP contribution in [0.15, 0.2) is 48.5 Å². The molecule has 0 spiro atoms. The molecule has 9 nitrogen and oxygen atoms in total. The quantitative estimate of drug-likeness (QED) is 0.520. The van der Waals surface area contributed by atoms with Crippen LogP contribution in [0, 0.1) is 0 Å². The molecule has 5 atom stereocenters. The van der Waals surface area contributed by atoms with Crippen molar-refractivity contribution in [2.45, 2.75) is 37.3 Å². The van der Waals surface area contributed by atoms with Crippen LogP contribution in [0.5, 0.6) is 11.5 Å². The van der Waals surface area contributed by atoms with Crippen LogP contribution in [0.25, 0.3) is 0 Å². The summed E-state index contributed by atoms with van der Waals surface area (Å²) in [6.07, 6.45) is -6.51. The third-order valence-corrected chi connectivity index (χ3v) is 4.94. The number of benzene rings is 2. The molecule has 0 aliphatic carbocycles. The van der Waals surface area contributed by atoms with Crippen LogP contribution < -0.4 is 9.47 Å².